The van der Waals surface area contributed by atoms with Gasteiger partial charge in [-0.15, -0.1) is 0 Å². The summed E-state index contributed by atoms with van der Waals surface area (Å²) in [6.45, 7) is 1.31. The summed E-state index contributed by atoms with van der Waals surface area (Å²) in [5, 5.41) is 3.73. The van der Waals surface area contributed by atoms with Crippen LogP contribution < -0.4 is 5.32 Å². The Bertz CT molecular complexity index is 397. The number of nitrogens with one attached hydrogen (secondary N) is 1. The highest BCUT2D eigenvalue weighted by molar-refractivity contribution is 6.35. The number of ether oxygens (including phenoxy) is 1. The quantitative estimate of drug-likeness (QED) is 0.920. The molecule has 1 aliphatic heterocycles. The molecule has 0 bridgehead atoms. The van der Waals surface area contributed by atoms with Crippen LogP contribution in [0.25, 0.3) is 0 Å². The minimum Gasteiger partial charge on any atom is -0.376 e. The second-order valence-electron chi connectivity index (χ2n) is 4.00. The van der Waals surface area contributed by atoms with Crippen molar-refractivity contribution in [2.45, 2.75) is 18.9 Å². The van der Waals surface area contributed by atoms with Gasteiger partial charge < -0.3 is 10.1 Å². The molecule has 1 aromatic carbocycles. The molecule has 1 fully saturated rings. The second-order valence-corrected chi connectivity index (χ2v) is 4.88. The highest BCUT2D eigenvalue weighted by Gasteiger charge is 2.16. The standard InChI is InChI=1S/C12H13Cl2NO2/c13-9-4-8(5-10(14)6-9)12(16)15-7-11-2-1-3-17-11/h4-6,11H,1-3,7H2,(H,15,16)/t11-/m1/s1. The van der Waals surface area contributed by atoms with Gasteiger partial charge >= 0.3 is 0 Å². The Morgan fingerprint density at radius 3 is 2.65 bits per heavy atom. The van der Waals surface area contributed by atoms with Crippen LogP contribution in [0.4, 0.5) is 0 Å². The van der Waals surface area contributed by atoms with E-state index in [4.69, 9.17) is 27.9 Å². The number of carbonyl (C=O) groups excluding carboxylic acids is 1. The van der Waals surface area contributed by atoms with Gasteiger partial charge in [0.2, 0.25) is 0 Å². The number of hydrogen-bond acceptors (Lipinski definition) is 2. The summed E-state index contributed by atoms with van der Waals surface area (Å²) in [5.74, 6) is -0.176. The first kappa shape index (κ1) is 12.7. The SMILES string of the molecule is O=C(NC[C@H]1CCCO1)c1cc(Cl)cc(Cl)c1. The first-order valence-electron chi connectivity index (χ1n) is 5.51. The molecule has 3 nitrogen and oxygen atoms in total. The van der Waals surface area contributed by atoms with Crippen LogP contribution in [0.2, 0.25) is 10.0 Å². The lowest BCUT2D eigenvalue weighted by atomic mass is 10.2. The summed E-state index contributed by atoms with van der Waals surface area (Å²) in [6.07, 6.45) is 2.19. The topological polar surface area (TPSA) is 38.3 Å². The van der Waals surface area contributed by atoms with Crippen LogP contribution in [0.1, 0.15) is 23.2 Å². The van der Waals surface area contributed by atoms with Crippen molar-refractivity contribution in [3.63, 3.8) is 0 Å². The Morgan fingerprint density at radius 1 is 1.35 bits per heavy atom. The monoisotopic (exact) mass is 273 g/mol. The molecule has 0 unspecified atom stereocenters. The molecular formula is C12H13Cl2NO2. The fraction of sp³-hybridized carbons (Fsp3) is 0.417. The lowest BCUT2D eigenvalue weighted by molar-refractivity contribution is 0.0858. The lowest BCUT2D eigenvalue weighted by Crippen LogP contribution is -2.31. The lowest BCUT2D eigenvalue weighted by Gasteiger charge is -2.11. The first-order chi connectivity index (χ1) is 8.15. The van der Waals surface area contributed by atoms with Gasteiger partial charge in [0.1, 0.15) is 0 Å². The molecule has 1 saturated heterocycles. The van der Waals surface area contributed by atoms with Gasteiger partial charge in [0, 0.05) is 28.8 Å². The average molecular weight is 274 g/mol. The zero-order chi connectivity index (χ0) is 12.3. The molecule has 1 amide bonds. The Kier molecular flexibility index (Phi) is 4.26. The molecule has 1 atom stereocenters. The van der Waals surface area contributed by atoms with Gasteiger partial charge in [0.25, 0.3) is 5.91 Å². The van der Waals surface area contributed by atoms with Gasteiger partial charge in [0.15, 0.2) is 0 Å². The predicted octanol–water partition coefficient (Wildman–Crippen LogP) is 2.90. The summed E-state index contributed by atoms with van der Waals surface area (Å²) in [6, 6.07) is 4.79. The Hall–Kier alpha value is -0.770. The highest BCUT2D eigenvalue weighted by atomic mass is 35.5. The molecule has 2 rings (SSSR count). The molecule has 1 aliphatic rings. The van der Waals surface area contributed by atoms with Crippen LogP contribution in [0.3, 0.4) is 0 Å². The largest absolute Gasteiger partial charge is 0.376 e. The number of amides is 1. The van der Waals surface area contributed by atoms with E-state index in [0.717, 1.165) is 19.4 Å². The zero-order valence-corrected chi connectivity index (χ0v) is 10.7. The van der Waals surface area contributed by atoms with Gasteiger partial charge in [-0.05, 0) is 31.0 Å². The third-order valence-corrected chi connectivity index (χ3v) is 3.08. The molecule has 0 radical (unpaired) electrons. The summed E-state index contributed by atoms with van der Waals surface area (Å²) < 4.78 is 5.42. The molecule has 1 heterocycles. The third-order valence-electron chi connectivity index (χ3n) is 2.64. The van der Waals surface area contributed by atoms with E-state index in [1.165, 1.54) is 0 Å². The van der Waals surface area contributed by atoms with Crippen molar-refractivity contribution in [1.29, 1.82) is 0 Å². The van der Waals surface area contributed by atoms with E-state index in [9.17, 15) is 4.79 Å². The molecule has 0 aromatic heterocycles. The summed E-state index contributed by atoms with van der Waals surface area (Å²) in [7, 11) is 0. The van der Waals surface area contributed by atoms with E-state index in [1.54, 1.807) is 18.2 Å². The van der Waals surface area contributed by atoms with Gasteiger partial charge in [-0.25, -0.2) is 0 Å². The molecular weight excluding hydrogens is 261 g/mol. The van der Waals surface area contributed by atoms with Gasteiger partial charge in [-0.3, -0.25) is 4.79 Å². The number of hydrogen-bond donors (Lipinski definition) is 1. The normalized spacial score (nSPS) is 19.3. The summed E-state index contributed by atoms with van der Waals surface area (Å²) in [4.78, 5) is 11.8. The van der Waals surface area contributed by atoms with Gasteiger partial charge in [-0.1, -0.05) is 23.2 Å². The maximum Gasteiger partial charge on any atom is 0.251 e. The van der Waals surface area contributed by atoms with Crippen molar-refractivity contribution in [3.8, 4) is 0 Å². The molecule has 0 spiro atoms. The van der Waals surface area contributed by atoms with Gasteiger partial charge in [0.05, 0.1) is 6.10 Å². The zero-order valence-electron chi connectivity index (χ0n) is 9.21. The Balaban J connectivity index is 1.94. The number of benzene rings is 1. The van der Waals surface area contributed by atoms with Crippen LogP contribution in [0.5, 0.6) is 0 Å². The maximum atomic E-state index is 11.8. The first-order valence-corrected chi connectivity index (χ1v) is 6.26. The second kappa shape index (κ2) is 5.71. The van der Waals surface area contributed by atoms with Crippen LogP contribution in [0, 0.1) is 0 Å². The molecule has 1 N–H and O–H groups in total. The minimum atomic E-state index is -0.176. The molecule has 17 heavy (non-hydrogen) atoms. The maximum absolute atomic E-state index is 11.8. The van der Waals surface area contributed by atoms with E-state index in [1.807, 2.05) is 0 Å². The minimum absolute atomic E-state index is 0.133. The molecule has 0 aliphatic carbocycles. The smallest absolute Gasteiger partial charge is 0.251 e. The molecule has 92 valence electrons. The summed E-state index contributed by atoms with van der Waals surface area (Å²) >= 11 is 11.7. The Labute approximate surface area is 110 Å². The van der Waals surface area contributed by atoms with Crippen LogP contribution in [0.15, 0.2) is 18.2 Å². The number of halogens is 2. The van der Waals surface area contributed by atoms with Gasteiger partial charge in [-0.2, -0.15) is 0 Å². The van der Waals surface area contributed by atoms with Crippen LogP contribution in [-0.2, 0) is 4.74 Å². The predicted molar refractivity (Wildman–Crippen MR) is 67.8 cm³/mol. The highest BCUT2D eigenvalue weighted by Crippen LogP contribution is 2.19. The van der Waals surface area contributed by atoms with E-state index in [2.05, 4.69) is 5.32 Å². The summed E-state index contributed by atoms with van der Waals surface area (Å²) in [5.41, 5.74) is 0.473. The number of rotatable bonds is 3. The van der Waals surface area contributed by atoms with Crippen LogP contribution in [-0.4, -0.2) is 25.2 Å². The van der Waals surface area contributed by atoms with Crippen molar-refractivity contribution in [1.82, 2.24) is 5.32 Å². The number of carbonyl (C=O) groups is 1. The van der Waals surface area contributed by atoms with E-state index in [-0.39, 0.29) is 12.0 Å². The fourth-order valence-corrected chi connectivity index (χ4v) is 2.32. The molecule has 1 aromatic rings. The Morgan fingerprint density at radius 2 is 2.06 bits per heavy atom. The van der Waals surface area contributed by atoms with Crippen molar-refractivity contribution >= 4 is 29.1 Å². The van der Waals surface area contributed by atoms with E-state index in [0.29, 0.717) is 22.2 Å². The fourth-order valence-electron chi connectivity index (χ4n) is 1.80. The molecule has 0 saturated carbocycles. The molecule has 5 heteroatoms. The van der Waals surface area contributed by atoms with Crippen molar-refractivity contribution < 1.29 is 9.53 Å². The van der Waals surface area contributed by atoms with E-state index < -0.39 is 0 Å². The van der Waals surface area contributed by atoms with Crippen molar-refractivity contribution in [3.05, 3.63) is 33.8 Å². The van der Waals surface area contributed by atoms with Crippen LogP contribution >= 0.6 is 23.2 Å². The van der Waals surface area contributed by atoms with Crippen molar-refractivity contribution in [2.75, 3.05) is 13.2 Å². The average Bonchev–Trinajstić information content (AvgIpc) is 2.77. The van der Waals surface area contributed by atoms with Crippen molar-refractivity contribution in [2.24, 2.45) is 0 Å². The third kappa shape index (κ3) is 3.60. The van der Waals surface area contributed by atoms with E-state index >= 15 is 0 Å².